The van der Waals surface area contributed by atoms with Gasteiger partial charge in [0, 0.05) is 0 Å². The number of fused-ring (bicyclic) bond motifs is 1. The van der Waals surface area contributed by atoms with Crippen molar-refractivity contribution in [2.24, 2.45) is 0 Å². The summed E-state index contributed by atoms with van der Waals surface area (Å²) in [4.78, 5) is 35.9. The molecule has 0 fully saturated rings. The summed E-state index contributed by atoms with van der Waals surface area (Å²) < 4.78 is 0. The molecule has 0 saturated heterocycles. The zero-order valence-corrected chi connectivity index (χ0v) is 9.98. The molecule has 0 radical (unpaired) electrons. The van der Waals surface area contributed by atoms with E-state index in [0.717, 1.165) is 16.0 Å². The second kappa shape index (κ2) is 3.80. The average Bonchev–Trinajstić information content (AvgIpc) is 2.56. The van der Waals surface area contributed by atoms with E-state index >= 15 is 0 Å². The number of aldehydes is 1. The minimum atomic E-state index is -0.720. The molecule has 1 aliphatic rings. The molecule has 88 valence electrons. The fraction of sp³-hybridized carbons (Fsp3) is 0.308. The summed E-state index contributed by atoms with van der Waals surface area (Å²) in [6.07, 6.45) is 0.601. The monoisotopic (exact) mass is 231 g/mol. The van der Waals surface area contributed by atoms with Crippen LogP contribution in [0.1, 0.15) is 38.8 Å². The van der Waals surface area contributed by atoms with E-state index in [1.54, 1.807) is 6.07 Å². The maximum absolute atomic E-state index is 12.1. The highest BCUT2D eigenvalue weighted by Crippen LogP contribution is 2.28. The summed E-state index contributed by atoms with van der Waals surface area (Å²) in [6.45, 7) is 5.24. The molecule has 1 unspecified atom stereocenters. The third-order valence-corrected chi connectivity index (χ3v) is 3.22. The van der Waals surface area contributed by atoms with Crippen molar-refractivity contribution in [1.29, 1.82) is 0 Å². The molecule has 1 atom stereocenters. The van der Waals surface area contributed by atoms with Crippen molar-refractivity contribution in [2.45, 2.75) is 26.8 Å². The normalized spacial score (nSPS) is 16.1. The van der Waals surface area contributed by atoms with Crippen LogP contribution in [0, 0.1) is 13.8 Å². The molecule has 1 aromatic rings. The van der Waals surface area contributed by atoms with Gasteiger partial charge in [0.05, 0.1) is 17.2 Å². The number of aryl methyl sites for hydroxylation is 1. The molecule has 1 aromatic carbocycles. The van der Waals surface area contributed by atoms with Gasteiger partial charge in [-0.15, -0.1) is 0 Å². The number of benzene rings is 1. The molecule has 0 spiro atoms. The highest BCUT2D eigenvalue weighted by Gasteiger charge is 2.39. The van der Waals surface area contributed by atoms with Crippen molar-refractivity contribution in [3.8, 4) is 0 Å². The lowest BCUT2D eigenvalue weighted by atomic mass is 9.99. The van der Waals surface area contributed by atoms with Gasteiger partial charge < -0.3 is 4.79 Å². The summed E-state index contributed by atoms with van der Waals surface area (Å²) in [5, 5.41) is 0. The van der Waals surface area contributed by atoms with E-state index in [2.05, 4.69) is 0 Å². The number of hydrogen-bond donors (Lipinski definition) is 0. The van der Waals surface area contributed by atoms with E-state index < -0.39 is 6.04 Å². The largest absolute Gasteiger partial charge is 0.301 e. The van der Waals surface area contributed by atoms with Gasteiger partial charge in [0.25, 0.3) is 11.8 Å². The molecule has 0 N–H and O–H groups in total. The van der Waals surface area contributed by atoms with Gasteiger partial charge in [-0.3, -0.25) is 14.5 Å². The van der Waals surface area contributed by atoms with Gasteiger partial charge >= 0.3 is 0 Å². The third kappa shape index (κ3) is 1.48. The number of imide groups is 1. The molecule has 0 saturated carbocycles. The molecule has 17 heavy (non-hydrogen) atoms. The van der Waals surface area contributed by atoms with Crippen LogP contribution in [-0.2, 0) is 4.79 Å². The Bertz CT molecular complexity index is 534. The van der Waals surface area contributed by atoms with E-state index in [0.29, 0.717) is 17.4 Å². The molecule has 4 nitrogen and oxygen atoms in total. The van der Waals surface area contributed by atoms with Crippen molar-refractivity contribution < 1.29 is 14.4 Å². The zero-order chi connectivity index (χ0) is 12.7. The maximum Gasteiger partial charge on any atom is 0.262 e. The Balaban J connectivity index is 2.61. The van der Waals surface area contributed by atoms with Gasteiger partial charge in [0.2, 0.25) is 0 Å². The predicted octanol–water partition coefficient (Wildman–Crippen LogP) is 1.49. The van der Waals surface area contributed by atoms with E-state index in [1.165, 1.54) is 6.92 Å². The first kappa shape index (κ1) is 11.5. The number of amides is 2. The van der Waals surface area contributed by atoms with Gasteiger partial charge in [-0.1, -0.05) is 6.07 Å². The van der Waals surface area contributed by atoms with E-state index in [-0.39, 0.29) is 11.8 Å². The summed E-state index contributed by atoms with van der Waals surface area (Å²) in [5.41, 5.74) is 2.60. The second-order valence-electron chi connectivity index (χ2n) is 4.29. The SMILES string of the molecule is Cc1ccc2c(c1C)C(=O)N(C(C)C=O)C2=O. The predicted molar refractivity (Wildman–Crippen MR) is 61.9 cm³/mol. The molecule has 2 rings (SSSR count). The average molecular weight is 231 g/mol. The Morgan fingerprint density at radius 3 is 2.41 bits per heavy atom. The van der Waals surface area contributed by atoms with E-state index in [4.69, 9.17) is 0 Å². The van der Waals surface area contributed by atoms with Crippen LogP contribution in [0.5, 0.6) is 0 Å². The van der Waals surface area contributed by atoms with Gasteiger partial charge in [0.1, 0.15) is 6.29 Å². The number of rotatable bonds is 2. The standard InChI is InChI=1S/C13H13NO3/c1-7-4-5-10-11(9(7)3)13(17)14(12(10)16)8(2)6-15/h4-6,8H,1-3H3. The zero-order valence-electron chi connectivity index (χ0n) is 9.98. The minimum absolute atomic E-state index is 0.370. The van der Waals surface area contributed by atoms with Crippen molar-refractivity contribution in [1.82, 2.24) is 4.90 Å². The number of nitrogens with zero attached hydrogens (tertiary/aromatic N) is 1. The lowest BCUT2D eigenvalue weighted by Gasteiger charge is -2.16. The van der Waals surface area contributed by atoms with Crippen LogP contribution in [0.25, 0.3) is 0 Å². The van der Waals surface area contributed by atoms with Crippen molar-refractivity contribution in [3.63, 3.8) is 0 Å². The lowest BCUT2D eigenvalue weighted by molar-refractivity contribution is -0.110. The molecule has 0 bridgehead atoms. The third-order valence-electron chi connectivity index (χ3n) is 3.22. The maximum atomic E-state index is 12.1. The molecular weight excluding hydrogens is 218 g/mol. The van der Waals surface area contributed by atoms with Crippen LogP contribution in [0.2, 0.25) is 0 Å². The van der Waals surface area contributed by atoms with Gasteiger partial charge in [-0.25, -0.2) is 0 Å². The Labute approximate surface area is 99.2 Å². The highest BCUT2D eigenvalue weighted by atomic mass is 16.2. The fourth-order valence-corrected chi connectivity index (χ4v) is 2.04. The van der Waals surface area contributed by atoms with Crippen LogP contribution in [-0.4, -0.2) is 29.0 Å². The quantitative estimate of drug-likeness (QED) is 0.572. The first-order valence-electron chi connectivity index (χ1n) is 5.42. The fourth-order valence-electron chi connectivity index (χ4n) is 2.04. The molecular formula is C13H13NO3. The summed E-state index contributed by atoms with van der Waals surface area (Å²) in [5.74, 6) is -0.751. The van der Waals surface area contributed by atoms with Gasteiger partial charge in [-0.05, 0) is 38.0 Å². The highest BCUT2D eigenvalue weighted by molar-refractivity contribution is 6.23. The van der Waals surface area contributed by atoms with E-state index in [9.17, 15) is 14.4 Å². The molecule has 4 heteroatoms. The molecule has 2 amide bonds. The molecule has 0 aromatic heterocycles. The van der Waals surface area contributed by atoms with Crippen LogP contribution >= 0.6 is 0 Å². The number of hydrogen-bond acceptors (Lipinski definition) is 3. The Kier molecular flexibility index (Phi) is 2.58. The first-order valence-corrected chi connectivity index (χ1v) is 5.42. The second-order valence-corrected chi connectivity index (χ2v) is 4.29. The molecule has 1 aliphatic heterocycles. The van der Waals surface area contributed by atoms with Crippen LogP contribution < -0.4 is 0 Å². The summed E-state index contributed by atoms with van der Waals surface area (Å²) in [7, 11) is 0. The van der Waals surface area contributed by atoms with Crippen molar-refractivity contribution in [2.75, 3.05) is 0 Å². The van der Waals surface area contributed by atoms with Crippen LogP contribution in [0.4, 0.5) is 0 Å². The van der Waals surface area contributed by atoms with Crippen LogP contribution in [0.3, 0.4) is 0 Å². The summed E-state index contributed by atoms with van der Waals surface area (Å²) in [6, 6.07) is 2.74. The lowest BCUT2D eigenvalue weighted by Crippen LogP contribution is -2.38. The van der Waals surface area contributed by atoms with Crippen molar-refractivity contribution in [3.05, 3.63) is 34.4 Å². The minimum Gasteiger partial charge on any atom is -0.301 e. The summed E-state index contributed by atoms with van der Waals surface area (Å²) >= 11 is 0. The molecule has 0 aliphatic carbocycles. The number of carbonyl (C=O) groups excluding carboxylic acids is 3. The van der Waals surface area contributed by atoms with E-state index in [1.807, 2.05) is 19.9 Å². The first-order chi connectivity index (χ1) is 7.99. The van der Waals surface area contributed by atoms with Gasteiger partial charge in [-0.2, -0.15) is 0 Å². The Hall–Kier alpha value is -1.97. The Morgan fingerprint density at radius 2 is 1.82 bits per heavy atom. The topological polar surface area (TPSA) is 54.5 Å². The smallest absolute Gasteiger partial charge is 0.262 e. The van der Waals surface area contributed by atoms with Crippen LogP contribution in [0.15, 0.2) is 12.1 Å². The van der Waals surface area contributed by atoms with Crippen molar-refractivity contribution >= 4 is 18.1 Å². The van der Waals surface area contributed by atoms with Gasteiger partial charge in [0.15, 0.2) is 0 Å². The Morgan fingerprint density at radius 1 is 1.18 bits per heavy atom. The molecule has 1 heterocycles. The number of carbonyl (C=O) groups is 3.